The van der Waals surface area contributed by atoms with E-state index >= 15 is 0 Å². The van der Waals surface area contributed by atoms with Gasteiger partial charge in [0.05, 0.1) is 79.8 Å². The lowest BCUT2D eigenvalue weighted by molar-refractivity contribution is -0.0146. The molecule has 0 unspecified atom stereocenters. The molecule has 0 aromatic heterocycles. The second kappa shape index (κ2) is 19.1. The second-order valence-electron chi connectivity index (χ2n) is 7.74. The van der Waals surface area contributed by atoms with E-state index in [1.165, 1.54) is 37.4 Å². The van der Waals surface area contributed by atoms with Crippen molar-refractivity contribution in [2.45, 2.75) is 0 Å². The average Bonchev–Trinajstić information content (AvgIpc) is 2.93. The number of aromatic hydroxyl groups is 1. The predicted molar refractivity (Wildman–Crippen MR) is 136 cm³/mol. The van der Waals surface area contributed by atoms with Gasteiger partial charge in [0.15, 0.2) is 0 Å². The standard InChI is InChI=1S/C27H36O11/c1-32-24-4-2-21(3-5-24)26(30)27(31)22-18-23(29)20-25(19-22)38-17-16-37-15-14-36-13-12-35-11-10-34-9-8-33-7-6-28/h2-5,18-20,28-29H,6-17H2,1H3. The minimum absolute atomic E-state index is 0.00218. The van der Waals surface area contributed by atoms with Crippen LogP contribution in [0.3, 0.4) is 0 Å². The van der Waals surface area contributed by atoms with E-state index in [2.05, 4.69) is 0 Å². The van der Waals surface area contributed by atoms with Gasteiger partial charge in [-0.1, -0.05) is 0 Å². The van der Waals surface area contributed by atoms with Gasteiger partial charge in [-0.05, 0) is 36.4 Å². The molecule has 2 aromatic carbocycles. The summed E-state index contributed by atoms with van der Waals surface area (Å²) in [4.78, 5) is 25.1. The zero-order chi connectivity index (χ0) is 27.4. The summed E-state index contributed by atoms with van der Waals surface area (Å²) in [5.74, 6) is -0.838. The van der Waals surface area contributed by atoms with Crippen LogP contribution in [-0.2, 0) is 23.7 Å². The molecule has 0 aliphatic heterocycles. The number of aliphatic hydroxyl groups is 1. The Morgan fingerprint density at radius 1 is 0.605 bits per heavy atom. The molecule has 0 atom stereocenters. The molecule has 2 aromatic rings. The highest BCUT2D eigenvalue weighted by molar-refractivity contribution is 6.49. The van der Waals surface area contributed by atoms with Crippen molar-refractivity contribution in [2.24, 2.45) is 0 Å². The summed E-state index contributed by atoms with van der Waals surface area (Å²) in [5.41, 5.74) is 0.241. The van der Waals surface area contributed by atoms with Crippen LogP contribution in [-0.4, -0.2) is 108 Å². The third kappa shape index (κ3) is 12.5. The molecule has 0 radical (unpaired) electrons. The molecule has 0 spiro atoms. The van der Waals surface area contributed by atoms with Crippen LogP contribution in [0.15, 0.2) is 42.5 Å². The van der Waals surface area contributed by atoms with Crippen molar-refractivity contribution in [3.05, 3.63) is 53.6 Å². The largest absolute Gasteiger partial charge is 0.508 e. The Labute approximate surface area is 222 Å². The maximum absolute atomic E-state index is 12.6. The van der Waals surface area contributed by atoms with Gasteiger partial charge in [0.1, 0.15) is 23.9 Å². The van der Waals surface area contributed by atoms with Gasteiger partial charge in [0, 0.05) is 17.2 Å². The van der Waals surface area contributed by atoms with Crippen molar-refractivity contribution in [3.8, 4) is 17.2 Å². The van der Waals surface area contributed by atoms with E-state index in [0.717, 1.165) is 0 Å². The Kier molecular flexibility index (Phi) is 15.6. The average molecular weight is 537 g/mol. The number of aliphatic hydroxyl groups excluding tert-OH is 1. The number of ether oxygens (including phenoxy) is 7. The lowest BCUT2D eigenvalue weighted by atomic mass is 10.0. The molecular formula is C27H36O11. The molecule has 2 N–H and O–H groups in total. The normalized spacial score (nSPS) is 10.9. The lowest BCUT2D eigenvalue weighted by Crippen LogP contribution is -2.15. The Morgan fingerprint density at radius 2 is 1.08 bits per heavy atom. The van der Waals surface area contributed by atoms with Gasteiger partial charge >= 0.3 is 0 Å². The Balaban J connectivity index is 1.55. The summed E-state index contributed by atoms with van der Waals surface area (Å²) in [6.45, 7) is 4.18. The van der Waals surface area contributed by atoms with Gasteiger partial charge in [0.2, 0.25) is 11.6 Å². The molecule has 0 bridgehead atoms. The molecule has 0 heterocycles. The quantitative estimate of drug-likeness (QED) is 0.130. The number of carbonyl (C=O) groups excluding carboxylic acids is 2. The SMILES string of the molecule is COc1ccc(C(=O)C(=O)c2cc(O)cc(OCCOCCOCCOCCOCCOCCO)c2)cc1. The maximum Gasteiger partial charge on any atom is 0.233 e. The van der Waals surface area contributed by atoms with Crippen molar-refractivity contribution in [3.63, 3.8) is 0 Å². The molecule has 210 valence electrons. The van der Waals surface area contributed by atoms with Gasteiger partial charge in [0.25, 0.3) is 0 Å². The van der Waals surface area contributed by atoms with Gasteiger partial charge in [-0.15, -0.1) is 0 Å². The van der Waals surface area contributed by atoms with Gasteiger partial charge in [-0.2, -0.15) is 0 Å². The number of carbonyl (C=O) groups is 2. The number of phenolic OH excluding ortho intramolecular Hbond substituents is 1. The van der Waals surface area contributed by atoms with Crippen LogP contribution in [0.4, 0.5) is 0 Å². The third-order valence-corrected chi connectivity index (χ3v) is 4.93. The van der Waals surface area contributed by atoms with E-state index in [1.807, 2.05) is 0 Å². The molecule has 0 amide bonds. The number of methoxy groups -OCH3 is 1. The van der Waals surface area contributed by atoms with Crippen LogP contribution < -0.4 is 9.47 Å². The smallest absolute Gasteiger partial charge is 0.233 e. The molecule has 0 saturated heterocycles. The first-order valence-corrected chi connectivity index (χ1v) is 12.2. The fourth-order valence-electron chi connectivity index (χ4n) is 3.07. The number of benzene rings is 2. The molecule has 38 heavy (non-hydrogen) atoms. The molecule has 11 heteroatoms. The summed E-state index contributed by atoms with van der Waals surface area (Å²) in [7, 11) is 1.51. The number of phenols is 1. The highest BCUT2D eigenvalue weighted by Gasteiger charge is 2.20. The van der Waals surface area contributed by atoms with Gasteiger partial charge in [-0.25, -0.2) is 0 Å². The van der Waals surface area contributed by atoms with Crippen LogP contribution in [0.25, 0.3) is 0 Å². The number of hydrogen-bond donors (Lipinski definition) is 2. The summed E-state index contributed by atoms with van der Waals surface area (Å²) in [5, 5.41) is 18.5. The van der Waals surface area contributed by atoms with Crippen LogP contribution >= 0.6 is 0 Å². The summed E-state index contributed by atoms with van der Waals surface area (Å²) >= 11 is 0. The molecular weight excluding hydrogens is 500 g/mol. The van der Waals surface area contributed by atoms with Gasteiger partial charge < -0.3 is 43.4 Å². The minimum Gasteiger partial charge on any atom is -0.508 e. The molecule has 11 nitrogen and oxygen atoms in total. The van der Waals surface area contributed by atoms with Gasteiger partial charge in [-0.3, -0.25) is 9.59 Å². The Hall–Kier alpha value is -3.06. The van der Waals surface area contributed by atoms with E-state index in [-0.39, 0.29) is 42.4 Å². The van der Waals surface area contributed by atoms with Crippen molar-refractivity contribution in [1.82, 2.24) is 0 Å². The summed E-state index contributed by atoms with van der Waals surface area (Å²) in [6, 6.07) is 10.2. The van der Waals surface area contributed by atoms with E-state index < -0.39 is 11.6 Å². The first-order valence-electron chi connectivity index (χ1n) is 12.2. The number of Topliss-reactive ketones (excluding diaryl/α,β-unsaturated/α-hetero) is 2. The summed E-state index contributed by atoms with van der Waals surface area (Å²) in [6.07, 6.45) is 0. The molecule has 2 rings (SSSR count). The maximum atomic E-state index is 12.6. The molecule has 0 fully saturated rings. The zero-order valence-corrected chi connectivity index (χ0v) is 21.6. The fraction of sp³-hybridized carbons (Fsp3) is 0.481. The van der Waals surface area contributed by atoms with Crippen LogP contribution in [0.1, 0.15) is 20.7 Å². The van der Waals surface area contributed by atoms with Crippen molar-refractivity contribution < 1.29 is 53.0 Å². The van der Waals surface area contributed by atoms with E-state index in [0.29, 0.717) is 65.2 Å². The number of ketones is 2. The van der Waals surface area contributed by atoms with Crippen molar-refractivity contribution >= 4 is 11.6 Å². The lowest BCUT2D eigenvalue weighted by Gasteiger charge is -2.10. The Bertz CT molecular complexity index is 947. The monoisotopic (exact) mass is 536 g/mol. The first-order chi connectivity index (χ1) is 18.5. The Morgan fingerprint density at radius 3 is 1.58 bits per heavy atom. The first kappa shape index (κ1) is 31.2. The highest BCUT2D eigenvalue weighted by Crippen LogP contribution is 2.23. The minimum atomic E-state index is -0.760. The number of rotatable bonds is 22. The second-order valence-corrected chi connectivity index (χ2v) is 7.74. The highest BCUT2D eigenvalue weighted by atomic mass is 16.6. The summed E-state index contributed by atoms with van der Waals surface area (Å²) < 4.78 is 37.2. The van der Waals surface area contributed by atoms with E-state index in [1.54, 1.807) is 12.1 Å². The fourth-order valence-corrected chi connectivity index (χ4v) is 3.07. The van der Waals surface area contributed by atoms with E-state index in [4.69, 9.17) is 38.3 Å². The topological polar surface area (TPSA) is 139 Å². The van der Waals surface area contributed by atoms with E-state index in [9.17, 15) is 14.7 Å². The van der Waals surface area contributed by atoms with Crippen molar-refractivity contribution in [2.75, 3.05) is 86.4 Å². The third-order valence-electron chi connectivity index (χ3n) is 4.93. The van der Waals surface area contributed by atoms with Crippen LogP contribution in [0.5, 0.6) is 17.2 Å². The predicted octanol–water partition coefficient (Wildman–Crippen LogP) is 1.92. The number of hydrogen-bond acceptors (Lipinski definition) is 11. The molecule has 0 saturated carbocycles. The zero-order valence-electron chi connectivity index (χ0n) is 21.6. The molecule has 0 aliphatic rings. The van der Waals surface area contributed by atoms with Crippen molar-refractivity contribution in [1.29, 1.82) is 0 Å². The molecule has 0 aliphatic carbocycles. The van der Waals surface area contributed by atoms with Crippen LogP contribution in [0, 0.1) is 0 Å². The van der Waals surface area contributed by atoms with Crippen LogP contribution in [0.2, 0.25) is 0 Å².